The molecular formula is C16H19N5O2. The molecule has 120 valence electrons. The molecule has 0 atom stereocenters. The Morgan fingerprint density at radius 3 is 2.78 bits per heavy atom. The van der Waals surface area contributed by atoms with Gasteiger partial charge in [0.15, 0.2) is 0 Å². The lowest BCUT2D eigenvalue weighted by Gasteiger charge is -2.30. The smallest absolute Gasteiger partial charge is 0.253 e. The third-order valence-electron chi connectivity index (χ3n) is 4.18. The molecule has 1 aromatic carbocycles. The zero-order chi connectivity index (χ0) is 16.2. The maximum absolute atomic E-state index is 12.7. The van der Waals surface area contributed by atoms with Gasteiger partial charge in [0.1, 0.15) is 17.8 Å². The zero-order valence-corrected chi connectivity index (χ0v) is 13.1. The number of methoxy groups -OCH3 is 1. The minimum atomic E-state index is 0.0180. The second kappa shape index (κ2) is 6.60. The van der Waals surface area contributed by atoms with Crippen molar-refractivity contribution >= 4 is 5.91 Å². The Morgan fingerprint density at radius 1 is 1.39 bits per heavy atom. The summed E-state index contributed by atoms with van der Waals surface area (Å²) in [5, 5.41) is 11.1. The molecule has 1 fully saturated rings. The minimum absolute atomic E-state index is 0.0180. The van der Waals surface area contributed by atoms with E-state index < -0.39 is 0 Å². The van der Waals surface area contributed by atoms with Crippen LogP contribution in [0.4, 0.5) is 0 Å². The Bertz CT molecular complexity index is 691. The van der Waals surface area contributed by atoms with E-state index in [0.717, 1.165) is 25.9 Å². The zero-order valence-electron chi connectivity index (χ0n) is 13.1. The second-order valence-electron chi connectivity index (χ2n) is 5.51. The van der Waals surface area contributed by atoms with Gasteiger partial charge in [-0.3, -0.25) is 4.79 Å². The summed E-state index contributed by atoms with van der Waals surface area (Å²) in [5.41, 5.74) is 1.25. The van der Waals surface area contributed by atoms with E-state index in [4.69, 9.17) is 4.74 Å². The Labute approximate surface area is 134 Å². The summed E-state index contributed by atoms with van der Waals surface area (Å²) in [7, 11) is 1.57. The number of rotatable bonds is 4. The third-order valence-corrected chi connectivity index (χ3v) is 4.18. The number of carbonyl (C=O) groups excluding carboxylic acids is 1. The molecule has 7 heteroatoms. The molecular weight excluding hydrogens is 294 g/mol. The van der Waals surface area contributed by atoms with Gasteiger partial charge in [-0.2, -0.15) is 4.68 Å². The van der Waals surface area contributed by atoms with Crippen molar-refractivity contribution in [2.24, 2.45) is 5.92 Å². The lowest BCUT2D eigenvalue weighted by atomic mass is 9.96. The standard InChI is InChI=1S/C16H19N5O2/c1-3-12-6-8-20(9-7-12)16(22)13-4-5-15(23-2)14(10-13)21-11-17-18-19-21/h3-5,10-12H,1,6-9H2,2H3. The number of hydrogen-bond acceptors (Lipinski definition) is 5. The number of tetrazole rings is 1. The average molecular weight is 313 g/mol. The molecule has 1 aliphatic rings. The molecule has 23 heavy (non-hydrogen) atoms. The Balaban J connectivity index is 1.84. The monoisotopic (exact) mass is 313 g/mol. The van der Waals surface area contributed by atoms with Crippen LogP contribution >= 0.6 is 0 Å². The predicted molar refractivity (Wildman–Crippen MR) is 84.5 cm³/mol. The van der Waals surface area contributed by atoms with Gasteiger partial charge in [-0.1, -0.05) is 6.08 Å². The number of benzene rings is 1. The molecule has 1 amide bonds. The largest absolute Gasteiger partial charge is 0.494 e. The molecule has 0 spiro atoms. The normalized spacial score (nSPS) is 15.4. The Kier molecular flexibility index (Phi) is 4.36. The van der Waals surface area contributed by atoms with E-state index in [1.54, 1.807) is 25.3 Å². The first-order valence-electron chi connectivity index (χ1n) is 7.56. The molecule has 0 radical (unpaired) electrons. The molecule has 0 aliphatic carbocycles. The van der Waals surface area contributed by atoms with Crippen LogP contribution in [0.25, 0.3) is 5.69 Å². The van der Waals surface area contributed by atoms with Crippen LogP contribution in [0.2, 0.25) is 0 Å². The summed E-state index contributed by atoms with van der Waals surface area (Å²) in [5.74, 6) is 1.13. The number of allylic oxidation sites excluding steroid dienone is 1. The Morgan fingerprint density at radius 2 is 2.17 bits per heavy atom. The van der Waals surface area contributed by atoms with E-state index in [1.807, 2.05) is 11.0 Å². The van der Waals surface area contributed by atoms with Crippen molar-refractivity contribution in [3.8, 4) is 11.4 Å². The maximum Gasteiger partial charge on any atom is 0.253 e. The van der Waals surface area contributed by atoms with E-state index >= 15 is 0 Å². The summed E-state index contributed by atoms with van der Waals surface area (Å²) in [6.45, 7) is 5.34. The van der Waals surface area contributed by atoms with Crippen molar-refractivity contribution in [2.45, 2.75) is 12.8 Å². The lowest BCUT2D eigenvalue weighted by molar-refractivity contribution is 0.0705. The van der Waals surface area contributed by atoms with Crippen molar-refractivity contribution in [1.29, 1.82) is 0 Å². The van der Waals surface area contributed by atoms with Crippen molar-refractivity contribution in [3.63, 3.8) is 0 Å². The van der Waals surface area contributed by atoms with Crippen LogP contribution in [-0.4, -0.2) is 51.2 Å². The maximum atomic E-state index is 12.7. The number of nitrogens with zero attached hydrogens (tertiary/aromatic N) is 5. The second-order valence-corrected chi connectivity index (χ2v) is 5.51. The predicted octanol–water partition coefficient (Wildman–Crippen LogP) is 1.71. The van der Waals surface area contributed by atoms with Crippen molar-refractivity contribution in [1.82, 2.24) is 25.1 Å². The molecule has 0 saturated carbocycles. The van der Waals surface area contributed by atoms with Crippen molar-refractivity contribution in [2.75, 3.05) is 20.2 Å². The van der Waals surface area contributed by atoms with Crippen LogP contribution in [0.5, 0.6) is 5.75 Å². The molecule has 0 unspecified atom stereocenters. The minimum Gasteiger partial charge on any atom is -0.494 e. The summed E-state index contributed by atoms with van der Waals surface area (Å²) >= 11 is 0. The van der Waals surface area contributed by atoms with Crippen LogP contribution in [-0.2, 0) is 0 Å². The molecule has 1 saturated heterocycles. The topological polar surface area (TPSA) is 73.1 Å². The van der Waals surface area contributed by atoms with Gasteiger partial charge in [-0.25, -0.2) is 0 Å². The number of aromatic nitrogens is 4. The van der Waals surface area contributed by atoms with E-state index in [2.05, 4.69) is 22.1 Å². The number of ether oxygens (including phenoxy) is 1. The Hall–Kier alpha value is -2.70. The van der Waals surface area contributed by atoms with E-state index in [0.29, 0.717) is 22.9 Å². The number of likely N-dealkylation sites (tertiary alicyclic amines) is 1. The molecule has 1 aromatic heterocycles. The molecule has 2 heterocycles. The van der Waals surface area contributed by atoms with Crippen LogP contribution in [0.3, 0.4) is 0 Å². The highest BCUT2D eigenvalue weighted by molar-refractivity contribution is 5.95. The first kappa shape index (κ1) is 15.2. The fourth-order valence-corrected chi connectivity index (χ4v) is 2.79. The summed E-state index contributed by atoms with van der Waals surface area (Å²) in [4.78, 5) is 14.6. The van der Waals surface area contributed by atoms with Crippen molar-refractivity contribution in [3.05, 3.63) is 42.7 Å². The molecule has 0 N–H and O–H groups in total. The lowest BCUT2D eigenvalue weighted by Crippen LogP contribution is -2.38. The van der Waals surface area contributed by atoms with Gasteiger partial charge in [-0.05, 0) is 47.4 Å². The molecule has 7 nitrogen and oxygen atoms in total. The number of piperidine rings is 1. The van der Waals surface area contributed by atoms with Gasteiger partial charge in [0.2, 0.25) is 0 Å². The van der Waals surface area contributed by atoms with E-state index in [-0.39, 0.29) is 5.91 Å². The summed E-state index contributed by atoms with van der Waals surface area (Å²) in [6.07, 6.45) is 5.38. The molecule has 3 rings (SSSR count). The van der Waals surface area contributed by atoms with Gasteiger partial charge in [0.05, 0.1) is 7.11 Å². The van der Waals surface area contributed by atoms with Gasteiger partial charge < -0.3 is 9.64 Å². The fourth-order valence-electron chi connectivity index (χ4n) is 2.79. The van der Waals surface area contributed by atoms with Gasteiger partial charge >= 0.3 is 0 Å². The third kappa shape index (κ3) is 3.08. The number of amides is 1. The number of hydrogen-bond donors (Lipinski definition) is 0. The van der Waals surface area contributed by atoms with Crippen LogP contribution in [0.1, 0.15) is 23.2 Å². The number of carbonyl (C=O) groups is 1. The highest BCUT2D eigenvalue weighted by Crippen LogP contribution is 2.25. The van der Waals surface area contributed by atoms with E-state index in [9.17, 15) is 4.79 Å². The molecule has 1 aliphatic heterocycles. The van der Waals surface area contributed by atoms with E-state index in [1.165, 1.54) is 11.0 Å². The van der Waals surface area contributed by atoms with Crippen LogP contribution in [0.15, 0.2) is 37.2 Å². The molecule has 0 bridgehead atoms. The highest BCUT2D eigenvalue weighted by atomic mass is 16.5. The first-order valence-corrected chi connectivity index (χ1v) is 7.56. The average Bonchev–Trinajstić information content (AvgIpc) is 3.15. The highest BCUT2D eigenvalue weighted by Gasteiger charge is 2.23. The SMILES string of the molecule is C=CC1CCN(C(=O)c2ccc(OC)c(-n3cnnn3)c2)CC1. The van der Waals surface area contributed by atoms with Crippen LogP contribution in [0, 0.1) is 5.92 Å². The molecule has 2 aromatic rings. The quantitative estimate of drug-likeness (QED) is 0.803. The van der Waals surface area contributed by atoms with Gasteiger partial charge in [0, 0.05) is 18.7 Å². The van der Waals surface area contributed by atoms with Gasteiger partial charge in [0.25, 0.3) is 5.91 Å². The first-order chi connectivity index (χ1) is 11.2. The fraction of sp³-hybridized carbons (Fsp3) is 0.375. The van der Waals surface area contributed by atoms with Crippen LogP contribution < -0.4 is 4.74 Å². The summed E-state index contributed by atoms with van der Waals surface area (Å²) < 4.78 is 6.81. The van der Waals surface area contributed by atoms with Gasteiger partial charge in [-0.15, -0.1) is 11.7 Å². The van der Waals surface area contributed by atoms with Crippen molar-refractivity contribution < 1.29 is 9.53 Å². The summed E-state index contributed by atoms with van der Waals surface area (Å²) in [6, 6.07) is 5.30.